The molecule has 2 aromatic rings. The van der Waals surface area contributed by atoms with Crippen LogP contribution in [0.15, 0.2) is 42.6 Å². The number of benzene rings is 2. The molecule has 0 unspecified atom stereocenters. The van der Waals surface area contributed by atoms with E-state index >= 15 is 0 Å². The molecule has 3 N–H and O–H groups in total. The quantitative estimate of drug-likeness (QED) is 0.570. The van der Waals surface area contributed by atoms with Gasteiger partial charge in [-0.1, -0.05) is 30.7 Å². The SMILES string of the molecule is CCOc1cccc([C@]2([C@H](N)CC)CC[C@H](Oc3cc4c(cc3Cl)CNC=C4)CC2)c1. The maximum Gasteiger partial charge on any atom is 0.138 e. The van der Waals surface area contributed by atoms with Gasteiger partial charge < -0.3 is 20.5 Å². The lowest BCUT2D eigenvalue weighted by Crippen LogP contribution is -2.48. The zero-order chi connectivity index (χ0) is 21.8. The molecule has 0 amide bonds. The number of ether oxygens (including phenoxy) is 2. The van der Waals surface area contributed by atoms with Crippen LogP contribution in [-0.2, 0) is 12.0 Å². The summed E-state index contributed by atoms with van der Waals surface area (Å²) in [6.07, 6.45) is 9.03. The molecule has 4 nitrogen and oxygen atoms in total. The highest BCUT2D eigenvalue weighted by Crippen LogP contribution is 2.45. The lowest BCUT2D eigenvalue weighted by atomic mass is 9.64. The molecule has 31 heavy (non-hydrogen) atoms. The third kappa shape index (κ3) is 4.56. The van der Waals surface area contributed by atoms with E-state index in [0.717, 1.165) is 50.1 Å². The average Bonchev–Trinajstić information content (AvgIpc) is 2.80. The zero-order valence-corrected chi connectivity index (χ0v) is 19.3. The number of hydrogen-bond acceptors (Lipinski definition) is 4. The second kappa shape index (κ2) is 9.54. The molecule has 1 saturated carbocycles. The summed E-state index contributed by atoms with van der Waals surface area (Å²) in [7, 11) is 0. The maximum absolute atomic E-state index is 6.72. The van der Waals surface area contributed by atoms with Gasteiger partial charge in [-0.15, -0.1) is 0 Å². The molecule has 5 heteroatoms. The Morgan fingerprint density at radius 3 is 2.74 bits per heavy atom. The van der Waals surface area contributed by atoms with Crippen LogP contribution in [0.4, 0.5) is 0 Å². The van der Waals surface area contributed by atoms with Crippen molar-refractivity contribution in [3.63, 3.8) is 0 Å². The topological polar surface area (TPSA) is 56.5 Å². The van der Waals surface area contributed by atoms with Crippen LogP contribution in [0.1, 0.15) is 62.6 Å². The highest BCUT2D eigenvalue weighted by atomic mass is 35.5. The third-order valence-corrected chi connectivity index (χ3v) is 7.15. The molecule has 1 heterocycles. The lowest BCUT2D eigenvalue weighted by molar-refractivity contribution is 0.103. The second-order valence-corrected chi connectivity index (χ2v) is 9.05. The van der Waals surface area contributed by atoms with Crippen LogP contribution in [0, 0.1) is 0 Å². The first-order chi connectivity index (χ1) is 15.1. The molecule has 0 spiro atoms. The van der Waals surface area contributed by atoms with Crippen LogP contribution in [0.3, 0.4) is 0 Å². The minimum absolute atomic E-state index is 0.0459. The van der Waals surface area contributed by atoms with E-state index in [0.29, 0.717) is 11.6 Å². The highest BCUT2D eigenvalue weighted by Gasteiger charge is 2.42. The highest BCUT2D eigenvalue weighted by molar-refractivity contribution is 6.32. The number of nitrogens with one attached hydrogen (secondary N) is 1. The molecule has 166 valence electrons. The van der Waals surface area contributed by atoms with Crippen molar-refractivity contribution in [1.82, 2.24) is 5.32 Å². The lowest BCUT2D eigenvalue weighted by Gasteiger charge is -2.44. The zero-order valence-electron chi connectivity index (χ0n) is 18.5. The molecule has 4 rings (SSSR count). The van der Waals surface area contributed by atoms with Crippen molar-refractivity contribution in [2.24, 2.45) is 5.73 Å². The molecule has 0 saturated heterocycles. The fraction of sp³-hybridized carbons (Fsp3) is 0.462. The van der Waals surface area contributed by atoms with Crippen LogP contribution < -0.4 is 20.5 Å². The smallest absolute Gasteiger partial charge is 0.138 e. The van der Waals surface area contributed by atoms with Crippen LogP contribution in [0.2, 0.25) is 5.02 Å². The maximum atomic E-state index is 6.72. The Bertz CT molecular complexity index is 935. The third-order valence-electron chi connectivity index (χ3n) is 6.86. The van der Waals surface area contributed by atoms with Crippen LogP contribution in [-0.4, -0.2) is 18.8 Å². The Hall–Kier alpha value is -2.17. The van der Waals surface area contributed by atoms with Gasteiger partial charge in [0.15, 0.2) is 0 Å². The molecule has 1 atom stereocenters. The van der Waals surface area contributed by atoms with Gasteiger partial charge in [-0.3, -0.25) is 0 Å². The van der Waals surface area contributed by atoms with Crippen LogP contribution in [0.25, 0.3) is 6.08 Å². The van der Waals surface area contributed by atoms with Gasteiger partial charge in [-0.25, -0.2) is 0 Å². The summed E-state index contributed by atoms with van der Waals surface area (Å²) in [4.78, 5) is 0. The van der Waals surface area contributed by atoms with Gasteiger partial charge in [0, 0.05) is 18.0 Å². The Morgan fingerprint density at radius 1 is 1.19 bits per heavy atom. The number of rotatable bonds is 7. The van der Waals surface area contributed by atoms with E-state index in [4.69, 9.17) is 26.8 Å². The number of hydrogen-bond donors (Lipinski definition) is 2. The van der Waals surface area contributed by atoms with Crippen LogP contribution >= 0.6 is 11.6 Å². The van der Waals surface area contributed by atoms with Gasteiger partial charge in [0.2, 0.25) is 0 Å². The monoisotopic (exact) mass is 440 g/mol. The molecule has 2 aromatic carbocycles. The second-order valence-electron chi connectivity index (χ2n) is 8.64. The summed E-state index contributed by atoms with van der Waals surface area (Å²) >= 11 is 6.54. The van der Waals surface area contributed by atoms with Crippen LogP contribution in [0.5, 0.6) is 11.5 Å². The predicted octanol–water partition coefficient (Wildman–Crippen LogP) is 5.81. The van der Waals surface area contributed by atoms with E-state index in [-0.39, 0.29) is 17.6 Å². The molecular weight excluding hydrogens is 408 g/mol. The van der Waals surface area contributed by atoms with E-state index in [1.54, 1.807) is 0 Å². The van der Waals surface area contributed by atoms with Crippen molar-refractivity contribution < 1.29 is 9.47 Å². The van der Waals surface area contributed by atoms with Gasteiger partial charge in [-0.2, -0.15) is 0 Å². The normalized spacial score (nSPS) is 23.5. The number of fused-ring (bicyclic) bond motifs is 1. The molecule has 2 aliphatic rings. The van der Waals surface area contributed by atoms with Gasteiger partial charge in [-0.05, 0) is 92.3 Å². The Morgan fingerprint density at radius 2 is 2.00 bits per heavy atom. The summed E-state index contributed by atoms with van der Waals surface area (Å²) in [5, 5.41) is 3.90. The summed E-state index contributed by atoms with van der Waals surface area (Å²) in [6, 6.07) is 12.7. The number of halogens is 1. The summed E-state index contributed by atoms with van der Waals surface area (Å²) in [5.74, 6) is 1.70. The predicted molar refractivity (Wildman–Crippen MR) is 128 cm³/mol. The first kappa shape index (κ1) is 22.0. The van der Waals surface area contributed by atoms with Gasteiger partial charge in [0.1, 0.15) is 11.5 Å². The van der Waals surface area contributed by atoms with Crippen molar-refractivity contribution in [3.05, 3.63) is 64.3 Å². The standard InChI is InChI=1S/C26H33ClN2O2/c1-3-25(28)26(20-6-5-7-22(16-20)30-4-2)11-8-21(9-12-26)31-24-15-18-10-13-29-17-19(18)14-23(24)27/h5-7,10,13-16,21,25,29H,3-4,8-9,11-12,17,28H2,1-2H3/t21-,25-,26-/m1/s1. The van der Waals surface area contributed by atoms with E-state index in [1.165, 1.54) is 16.7 Å². The summed E-state index contributed by atoms with van der Waals surface area (Å²) in [6.45, 7) is 5.66. The molecule has 0 aromatic heterocycles. The first-order valence-corrected chi connectivity index (χ1v) is 11.8. The Labute approximate surface area is 190 Å². The minimum Gasteiger partial charge on any atom is -0.494 e. The van der Waals surface area contributed by atoms with E-state index in [9.17, 15) is 0 Å². The van der Waals surface area contributed by atoms with Gasteiger partial charge >= 0.3 is 0 Å². The van der Waals surface area contributed by atoms with Crippen molar-refractivity contribution >= 4 is 17.7 Å². The minimum atomic E-state index is -0.0459. The van der Waals surface area contributed by atoms with Crippen molar-refractivity contribution in [3.8, 4) is 11.5 Å². The van der Waals surface area contributed by atoms with Crippen molar-refractivity contribution in [1.29, 1.82) is 0 Å². The summed E-state index contributed by atoms with van der Waals surface area (Å²) in [5.41, 5.74) is 10.3. The fourth-order valence-electron chi connectivity index (χ4n) is 5.06. The van der Waals surface area contributed by atoms with Crippen molar-refractivity contribution in [2.45, 2.75) is 70.1 Å². The molecule has 1 aliphatic carbocycles. The Balaban J connectivity index is 1.51. The summed E-state index contributed by atoms with van der Waals surface area (Å²) < 4.78 is 12.2. The number of nitrogens with two attached hydrogens (primary N) is 1. The molecule has 1 aliphatic heterocycles. The van der Waals surface area contributed by atoms with E-state index < -0.39 is 0 Å². The first-order valence-electron chi connectivity index (χ1n) is 11.4. The molecular formula is C26H33ClN2O2. The largest absolute Gasteiger partial charge is 0.494 e. The average molecular weight is 441 g/mol. The van der Waals surface area contributed by atoms with Crippen molar-refractivity contribution in [2.75, 3.05) is 6.61 Å². The van der Waals surface area contributed by atoms with Gasteiger partial charge in [0.25, 0.3) is 0 Å². The molecule has 0 bridgehead atoms. The van der Waals surface area contributed by atoms with E-state index in [1.807, 2.05) is 25.3 Å². The van der Waals surface area contributed by atoms with Gasteiger partial charge in [0.05, 0.1) is 17.7 Å². The molecule has 0 radical (unpaired) electrons. The van der Waals surface area contributed by atoms with E-state index in [2.05, 4.69) is 42.6 Å². The molecule has 1 fully saturated rings. The fourth-order valence-corrected chi connectivity index (χ4v) is 5.29. The Kier molecular flexibility index (Phi) is 6.78.